The number of anilines is 1. The minimum absolute atomic E-state index is 0.0424. The molecule has 0 aliphatic rings. The predicted octanol–water partition coefficient (Wildman–Crippen LogP) is 1.03. The van der Waals surface area contributed by atoms with Crippen LogP contribution in [-0.4, -0.2) is 27.2 Å². The molecule has 1 aromatic rings. The third-order valence-electron chi connectivity index (χ3n) is 2.84. The maximum atomic E-state index is 10.8. The fourth-order valence-corrected chi connectivity index (χ4v) is 1.62. The molecule has 0 bridgehead atoms. The highest BCUT2D eigenvalue weighted by Crippen LogP contribution is 2.31. The maximum Gasteiger partial charge on any atom is 0.333 e. The van der Waals surface area contributed by atoms with Crippen molar-refractivity contribution in [2.24, 2.45) is 0 Å². The Balaban J connectivity index is 3.26. The lowest BCUT2D eigenvalue weighted by Crippen LogP contribution is -2.26. The standard InChI is InChI=1S/C11H14N2O5/c1-5-3-7(6(2)10(14)11(15)16)4-8(9(5)12)13(17)18/h3-4,6,10,14H,12H2,1-2H3,(H,15,16). The van der Waals surface area contributed by atoms with E-state index in [0.29, 0.717) is 11.1 Å². The Morgan fingerprint density at radius 2 is 2.06 bits per heavy atom. The van der Waals surface area contributed by atoms with E-state index in [2.05, 4.69) is 0 Å². The van der Waals surface area contributed by atoms with Gasteiger partial charge in [0.15, 0.2) is 6.10 Å². The third kappa shape index (κ3) is 2.57. The zero-order valence-corrected chi connectivity index (χ0v) is 9.95. The Labute approximate surface area is 103 Å². The minimum atomic E-state index is -1.62. The van der Waals surface area contributed by atoms with Crippen molar-refractivity contribution in [1.29, 1.82) is 0 Å². The smallest absolute Gasteiger partial charge is 0.333 e. The summed E-state index contributed by atoms with van der Waals surface area (Å²) < 4.78 is 0. The Kier molecular flexibility index (Phi) is 3.87. The first-order valence-corrected chi connectivity index (χ1v) is 5.21. The molecule has 1 aromatic carbocycles. The van der Waals surface area contributed by atoms with Crippen LogP contribution >= 0.6 is 0 Å². The molecule has 0 heterocycles. The van der Waals surface area contributed by atoms with Gasteiger partial charge in [0.05, 0.1) is 4.92 Å². The maximum absolute atomic E-state index is 10.8. The molecule has 0 aromatic heterocycles. The number of nitrogen functional groups attached to an aromatic ring is 1. The van der Waals surface area contributed by atoms with E-state index in [1.54, 1.807) is 13.0 Å². The molecule has 7 heteroatoms. The van der Waals surface area contributed by atoms with Crippen LogP contribution < -0.4 is 5.73 Å². The molecule has 7 nitrogen and oxygen atoms in total. The van der Waals surface area contributed by atoms with Crippen molar-refractivity contribution >= 4 is 17.3 Å². The van der Waals surface area contributed by atoms with Gasteiger partial charge < -0.3 is 15.9 Å². The third-order valence-corrected chi connectivity index (χ3v) is 2.84. The van der Waals surface area contributed by atoms with E-state index in [1.807, 2.05) is 0 Å². The minimum Gasteiger partial charge on any atom is -0.479 e. The molecule has 18 heavy (non-hydrogen) atoms. The largest absolute Gasteiger partial charge is 0.479 e. The highest BCUT2D eigenvalue weighted by atomic mass is 16.6. The normalized spacial score (nSPS) is 13.9. The highest BCUT2D eigenvalue weighted by molar-refractivity contribution is 5.74. The fourth-order valence-electron chi connectivity index (χ4n) is 1.62. The van der Waals surface area contributed by atoms with E-state index in [1.165, 1.54) is 13.0 Å². The molecule has 1 rings (SSSR count). The molecular formula is C11H14N2O5. The molecule has 4 N–H and O–H groups in total. The molecule has 0 saturated heterocycles. The number of aliphatic carboxylic acids is 1. The molecule has 2 unspecified atom stereocenters. The van der Waals surface area contributed by atoms with Crippen LogP contribution in [0.1, 0.15) is 24.0 Å². The number of nitro groups is 1. The van der Waals surface area contributed by atoms with Gasteiger partial charge in [0.1, 0.15) is 5.69 Å². The van der Waals surface area contributed by atoms with Crippen molar-refractivity contribution in [3.8, 4) is 0 Å². The average molecular weight is 254 g/mol. The van der Waals surface area contributed by atoms with Crippen LogP contribution in [0.2, 0.25) is 0 Å². The van der Waals surface area contributed by atoms with Crippen LogP contribution in [0.4, 0.5) is 11.4 Å². The Morgan fingerprint density at radius 3 is 2.50 bits per heavy atom. The van der Waals surface area contributed by atoms with Gasteiger partial charge in [-0.1, -0.05) is 13.0 Å². The summed E-state index contributed by atoms with van der Waals surface area (Å²) in [5.41, 5.74) is 6.17. The number of hydrogen-bond donors (Lipinski definition) is 3. The van der Waals surface area contributed by atoms with Crippen molar-refractivity contribution < 1.29 is 19.9 Å². The van der Waals surface area contributed by atoms with Gasteiger partial charge in [-0.2, -0.15) is 0 Å². The molecule has 0 spiro atoms. The molecule has 0 fully saturated rings. The van der Waals surface area contributed by atoms with Crippen LogP contribution in [0.5, 0.6) is 0 Å². The van der Waals surface area contributed by atoms with Crippen molar-refractivity contribution in [3.05, 3.63) is 33.4 Å². The second-order valence-corrected chi connectivity index (χ2v) is 4.10. The van der Waals surface area contributed by atoms with Gasteiger partial charge in [-0.3, -0.25) is 10.1 Å². The van der Waals surface area contributed by atoms with E-state index >= 15 is 0 Å². The van der Waals surface area contributed by atoms with Crippen LogP contribution in [-0.2, 0) is 4.79 Å². The van der Waals surface area contributed by atoms with Crippen LogP contribution in [0, 0.1) is 17.0 Å². The lowest BCUT2D eigenvalue weighted by atomic mass is 9.93. The summed E-state index contributed by atoms with van der Waals surface area (Å²) in [5, 5.41) is 28.9. The molecule has 0 aliphatic carbocycles. The quantitative estimate of drug-likeness (QED) is 0.418. The van der Waals surface area contributed by atoms with Gasteiger partial charge in [0.25, 0.3) is 5.69 Å². The first-order valence-electron chi connectivity index (χ1n) is 5.21. The molecule has 0 amide bonds. The summed E-state index contributed by atoms with van der Waals surface area (Å²) in [5.74, 6) is -2.14. The number of carbonyl (C=O) groups is 1. The van der Waals surface area contributed by atoms with E-state index in [0.717, 1.165) is 0 Å². The van der Waals surface area contributed by atoms with Gasteiger partial charge in [-0.15, -0.1) is 0 Å². The summed E-state index contributed by atoms with van der Waals surface area (Å²) in [6, 6.07) is 2.73. The van der Waals surface area contributed by atoms with Gasteiger partial charge in [0.2, 0.25) is 0 Å². The number of aliphatic hydroxyl groups is 1. The van der Waals surface area contributed by atoms with E-state index in [4.69, 9.17) is 10.8 Å². The topological polar surface area (TPSA) is 127 Å². The zero-order chi connectivity index (χ0) is 14.0. The number of carboxylic acids is 1. The van der Waals surface area contributed by atoms with Crippen LogP contribution in [0.25, 0.3) is 0 Å². The van der Waals surface area contributed by atoms with Gasteiger partial charge in [-0.25, -0.2) is 4.79 Å². The van der Waals surface area contributed by atoms with Gasteiger partial charge >= 0.3 is 5.97 Å². The zero-order valence-electron chi connectivity index (χ0n) is 9.95. The summed E-state index contributed by atoms with van der Waals surface area (Å²) in [4.78, 5) is 20.8. The first kappa shape index (κ1) is 13.9. The first-order chi connectivity index (χ1) is 8.25. The molecule has 98 valence electrons. The Hall–Kier alpha value is -2.15. The number of nitro benzene ring substituents is 1. The van der Waals surface area contributed by atoms with E-state index in [9.17, 15) is 20.0 Å². The summed E-state index contributed by atoms with van der Waals surface area (Å²) in [7, 11) is 0. The SMILES string of the molecule is Cc1cc(C(C)C(O)C(=O)O)cc([N+](=O)[O-])c1N. The Morgan fingerprint density at radius 1 is 1.50 bits per heavy atom. The fraction of sp³-hybridized carbons (Fsp3) is 0.364. The lowest BCUT2D eigenvalue weighted by molar-refractivity contribution is -0.384. The van der Waals surface area contributed by atoms with Crippen molar-refractivity contribution in [2.75, 3.05) is 5.73 Å². The summed E-state index contributed by atoms with van der Waals surface area (Å²) >= 11 is 0. The van der Waals surface area contributed by atoms with E-state index < -0.39 is 22.9 Å². The van der Waals surface area contributed by atoms with Gasteiger partial charge in [-0.05, 0) is 18.1 Å². The average Bonchev–Trinajstić information content (AvgIpc) is 2.29. The number of rotatable bonds is 4. The highest BCUT2D eigenvalue weighted by Gasteiger charge is 2.26. The molecule has 0 aliphatic heterocycles. The predicted molar refractivity (Wildman–Crippen MR) is 64.3 cm³/mol. The van der Waals surface area contributed by atoms with Crippen molar-refractivity contribution in [3.63, 3.8) is 0 Å². The second-order valence-electron chi connectivity index (χ2n) is 4.10. The monoisotopic (exact) mass is 254 g/mol. The van der Waals surface area contributed by atoms with Crippen LogP contribution in [0.3, 0.4) is 0 Å². The Bertz CT molecular complexity index is 500. The lowest BCUT2D eigenvalue weighted by Gasteiger charge is -2.16. The number of aliphatic hydroxyl groups excluding tert-OH is 1. The molecule has 0 saturated carbocycles. The number of benzene rings is 1. The second kappa shape index (κ2) is 5.01. The van der Waals surface area contributed by atoms with E-state index in [-0.39, 0.29) is 11.4 Å². The number of aryl methyl sites for hydroxylation is 1. The van der Waals surface area contributed by atoms with Crippen molar-refractivity contribution in [1.82, 2.24) is 0 Å². The number of nitrogens with zero attached hydrogens (tertiary/aromatic N) is 1. The number of carboxylic acid groups (broad SMARTS) is 1. The molecule has 0 radical (unpaired) electrons. The van der Waals surface area contributed by atoms with Crippen molar-refractivity contribution in [2.45, 2.75) is 25.9 Å². The van der Waals surface area contributed by atoms with Gasteiger partial charge in [0, 0.05) is 12.0 Å². The number of hydrogen-bond acceptors (Lipinski definition) is 5. The molecule has 2 atom stereocenters. The molecular weight excluding hydrogens is 240 g/mol. The number of nitrogens with two attached hydrogens (primary N) is 1. The summed E-state index contributed by atoms with van der Waals surface area (Å²) in [6.45, 7) is 3.07. The summed E-state index contributed by atoms with van der Waals surface area (Å²) in [6.07, 6.45) is -1.62. The van der Waals surface area contributed by atoms with Crippen LogP contribution in [0.15, 0.2) is 12.1 Å².